The van der Waals surface area contributed by atoms with Crippen molar-refractivity contribution in [3.8, 4) is 0 Å². The van der Waals surface area contributed by atoms with Gasteiger partial charge in [0.05, 0.1) is 24.2 Å². The van der Waals surface area contributed by atoms with Gasteiger partial charge in [-0.3, -0.25) is 4.79 Å². The fourth-order valence-electron chi connectivity index (χ4n) is 3.66. The molecular weight excluding hydrogens is 428 g/mol. The van der Waals surface area contributed by atoms with Crippen LogP contribution < -0.4 is 5.32 Å². The molecule has 0 fully saturated rings. The summed E-state index contributed by atoms with van der Waals surface area (Å²) in [6.07, 6.45) is 7.39. The fourth-order valence-corrected chi connectivity index (χ4v) is 4.94. The first-order chi connectivity index (χ1) is 15.2. The number of nitrogens with zero attached hydrogens (tertiary/aromatic N) is 1. The second kappa shape index (κ2) is 8.61. The van der Waals surface area contributed by atoms with Crippen molar-refractivity contribution in [2.75, 3.05) is 0 Å². The molecule has 6 heteroatoms. The topological polar surface area (TPSA) is 54.6 Å². The standard InChI is InChI=1S/C25H19ClN2O2S/c26-20-9-3-1-7-18(20)24-19-8-2-4-10-22(19)31-23-12-11-16(14-21(23)28-24)25(29)27-15-17-6-5-13-30-17/h2-6,8-14H,1,7,15H2,(H,27,29). The number of hydrogen-bond donors (Lipinski definition) is 1. The maximum Gasteiger partial charge on any atom is 0.251 e. The molecule has 1 amide bonds. The van der Waals surface area contributed by atoms with E-state index in [9.17, 15) is 4.79 Å². The van der Waals surface area contributed by atoms with Crippen molar-refractivity contribution < 1.29 is 9.21 Å². The molecular formula is C25H19ClN2O2S. The number of rotatable bonds is 4. The number of allylic oxidation sites excluding steroid dienone is 4. The van der Waals surface area contributed by atoms with Gasteiger partial charge in [-0.2, -0.15) is 0 Å². The SMILES string of the molecule is O=C(NCc1ccco1)c1ccc2c(c1)N=C(C1=C(Cl)C=CCC1)c1ccccc1S2. The molecule has 2 aromatic carbocycles. The molecule has 0 atom stereocenters. The van der Waals surface area contributed by atoms with Crippen molar-refractivity contribution >= 4 is 40.7 Å². The van der Waals surface area contributed by atoms with Crippen molar-refractivity contribution in [3.05, 3.63) is 101 Å². The summed E-state index contributed by atoms with van der Waals surface area (Å²) in [5.74, 6) is 0.543. The number of carbonyl (C=O) groups excluding carboxylic acids is 1. The Morgan fingerprint density at radius 1 is 1.13 bits per heavy atom. The summed E-state index contributed by atoms with van der Waals surface area (Å²) in [5, 5.41) is 3.62. The molecule has 0 radical (unpaired) electrons. The van der Waals surface area contributed by atoms with Crippen molar-refractivity contribution in [1.82, 2.24) is 5.32 Å². The predicted octanol–water partition coefficient (Wildman–Crippen LogP) is 6.64. The van der Waals surface area contributed by atoms with Crippen molar-refractivity contribution in [2.24, 2.45) is 4.99 Å². The molecule has 154 valence electrons. The second-order valence-corrected chi connectivity index (χ2v) is 8.76. The molecule has 2 heterocycles. The first-order valence-electron chi connectivity index (χ1n) is 10.1. The number of aliphatic imine (C=N–C) groups is 1. The first-order valence-corrected chi connectivity index (χ1v) is 11.2. The molecule has 0 saturated heterocycles. The Hall–Kier alpha value is -3.02. The smallest absolute Gasteiger partial charge is 0.251 e. The summed E-state index contributed by atoms with van der Waals surface area (Å²) in [6.45, 7) is 0.340. The number of carbonyl (C=O) groups is 1. The van der Waals surface area contributed by atoms with Gasteiger partial charge in [0.15, 0.2) is 0 Å². The average molecular weight is 447 g/mol. The Balaban J connectivity index is 1.54. The lowest BCUT2D eigenvalue weighted by atomic mass is 9.95. The minimum absolute atomic E-state index is 0.166. The van der Waals surface area contributed by atoms with Crippen LogP contribution in [0.5, 0.6) is 0 Å². The molecule has 1 aliphatic heterocycles. The normalized spacial score (nSPS) is 15.1. The first kappa shape index (κ1) is 19.9. The van der Waals surface area contributed by atoms with Gasteiger partial charge in [0.1, 0.15) is 5.76 Å². The third kappa shape index (κ3) is 4.11. The van der Waals surface area contributed by atoms with Crippen molar-refractivity contribution in [2.45, 2.75) is 29.2 Å². The van der Waals surface area contributed by atoms with Gasteiger partial charge in [-0.15, -0.1) is 0 Å². The van der Waals surface area contributed by atoms with Crippen LogP contribution in [0.3, 0.4) is 0 Å². The van der Waals surface area contributed by atoms with Crippen LogP contribution in [0.15, 0.2) is 103 Å². The molecule has 5 rings (SSSR count). The van der Waals surface area contributed by atoms with Gasteiger partial charge in [0, 0.05) is 26.0 Å². The molecule has 0 spiro atoms. The quantitative estimate of drug-likeness (QED) is 0.488. The molecule has 1 aliphatic carbocycles. The van der Waals surface area contributed by atoms with Gasteiger partial charge in [-0.25, -0.2) is 4.99 Å². The molecule has 3 aromatic rings. The van der Waals surface area contributed by atoms with E-state index >= 15 is 0 Å². The van der Waals surface area contributed by atoms with Crippen LogP contribution in [0, 0.1) is 0 Å². The van der Waals surface area contributed by atoms with Crippen LogP contribution >= 0.6 is 23.4 Å². The third-order valence-electron chi connectivity index (χ3n) is 5.22. The molecule has 2 aliphatic rings. The number of benzene rings is 2. The molecule has 0 unspecified atom stereocenters. The summed E-state index contributed by atoms with van der Waals surface area (Å²) in [4.78, 5) is 19.9. The molecule has 1 N–H and O–H groups in total. The lowest BCUT2D eigenvalue weighted by molar-refractivity contribution is 0.0948. The van der Waals surface area contributed by atoms with Gasteiger partial charge in [0.2, 0.25) is 0 Å². The van der Waals surface area contributed by atoms with Gasteiger partial charge in [-0.1, -0.05) is 47.6 Å². The van der Waals surface area contributed by atoms with E-state index in [4.69, 9.17) is 21.0 Å². The van der Waals surface area contributed by atoms with E-state index in [-0.39, 0.29) is 5.91 Å². The zero-order valence-electron chi connectivity index (χ0n) is 16.6. The van der Waals surface area contributed by atoms with Crippen LogP contribution in [0.25, 0.3) is 0 Å². The third-order valence-corrected chi connectivity index (χ3v) is 6.71. The summed E-state index contributed by atoms with van der Waals surface area (Å²) in [6, 6.07) is 17.5. The molecule has 4 nitrogen and oxygen atoms in total. The summed E-state index contributed by atoms with van der Waals surface area (Å²) >= 11 is 8.23. The highest BCUT2D eigenvalue weighted by Crippen LogP contribution is 2.42. The Morgan fingerprint density at radius 3 is 2.87 bits per heavy atom. The van der Waals surface area contributed by atoms with E-state index in [2.05, 4.69) is 23.5 Å². The van der Waals surface area contributed by atoms with E-state index in [0.29, 0.717) is 17.9 Å². The van der Waals surface area contributed by atoms with Gasteiger partial charge >= 0.3 is 0 Å². The fraction of sp³-hybridized carbons (Fsp3) is 0.120. The van der Waals surface area contributed by atoms with E-state index in [1.807, 2.05) is 42.5 Å². The highest BCUT2D eigenvalue weighted by molar-refractivity contribution is 7.99. The van der Waals surface area contributed by atoms with Gasteiger partial charge < -0.3 is 9.73 Å². The van der Waals surface area contributed by atoms with Crippen LogP contribution in [-0.2, 0) is 6.54 Å². The number of furan rings is 1. The molecule has 31 heavy (non-hydrogen) atoms. The van der Waals surface area contributed by atoms with E-state index in [0.717, 1.165) is 50.2 Å². The predicted molar refractivity (Wildman–Crippen MR) is 124 cm³/mol. The van der Waals surface area contributed by atoms with Gasteiger partial charge in [-0.05, 0) is 60.9 Å². The number of fused-ring (bicyclic) bond motifs is 2. The largest absolute Gasteiger partial charge is 0.467 e. The monoisotopic (exact) mass is 446 g/mol. The average Bonchev–Trinajstić information content (AvgIpc) is 3.26. The second-order valence-electron chi connectivity index (χ2n) is 7.27. The lowest BCUT2D eigenvalue weighted by Crippen LogP contribution is -2.22. The minimum atomic E-state index is -0.166. The van der Waals surface area contributed by atoms with Crippen LogP contribution in [0.4, 0.5) is 5.69 Å². The molecule has 1 aromatic heterocycles. The summed E-state index contributed by atoms with van der Waals surface area (Å²) in [7, 11) is 0. The number of halogens is 1. The van der Waals surface area contributed by atoms with E-state index in [1.165, 1.54) is 0 Å². The Kier molecular flexibility index (Phi) is 5.53. The van der Waals surface area contributed by atoms with Crippen LogP contribution in [-0.4, -0.2) is 11.6 Å². The minimum Gasteiger partial charge on any atom is -0.467 e. The zero-order valence-corrected chi connectivity index (χ0v) is 18.2. The number of hydrogen-bond acceptors (Lipinski definition) is 4. The maximum absolute atomic E-state index is 12.7. The van der Waals surface area contributed by atoms with Crippen LogP contribution in [0.2, 0.25) is 0 Å². The Bertz CT molecular complexity index is 1240. The maximum atomic E-state index is 12.7. The number of amides is 1. The van der Waals surface area contributed by atoms with Crippen LogP contribution in [0.1, 0.15) is 34.5 Å². The van der Waals surface area contributed by atoms with Crippen molar-refractivity contribution in [1.29, 1.82) is 0 Å². The lowest BCUT2D eigenvalue weighted by Gasteiger charge is -2.15. The highest BCUT2D eigenvalue weighted by atomic mass is 35.5. The summed E-state index contributed by atoms with van der Waals surface area (Å²) < 4.78 is 5.29. The zero-order chi connectivity index (χ0) is 21.2. The number of nitrogens with one attached hydrogen (secondary N) is 1. The molecule has 0 bridgehead atoms. The van der Waals surface area contributed by atoms with E-state index in [1.54, 1.807) is 24.1 Å². The van der Waals surface area contributed by atoms with Gasteiger partial charge in [0.25, 0.3) is 5.91 Å². The van der Waals surface area contributed by atoms with Crippen molar-refractivity contribution in [3.63, 3.8) is 0 Å². The molecule has 0 saturated carbocycles. The Morgan fingerprint density at radius 2 is 2.03 bits per heavy atom. The highest BCUT2D eigenvalue weighted by Gasteiger charge is 2.23. The Labute approximate surface area is 189 Å². The van der Waals surface area contributed by atoms with E-state index < -0.39 is 0 Å². The summed E-state index contributed by atoms with van der Waals surface area (Å²) in [5.41, 5.74) is 4.31.